The second-order valence-corrected chi connectivity index (χ2v) is 8.97. The molecule has 3 heterocycles. The summed E-state index contributed by atoms with van der Waals surface area (Å²) < 4.78 is 35.5. The second kappa shape index (κ2) is 9.54. The van der Waals surface area contributed by atoms with Gasteiger partial charge in [-0.25, -0.2) is 14.4 Å². The molecule has 2 saturated heterocycles. The lowest BCUT2D eigenvalue weighted by Crippen LogP contribution is -2.37. The number of carbonyl (C=O) groups is 1. The molecule has 1 aromatic heterocycles. The van der Waals surface area contributed by atoms with Crippen molar-refractivity contribution >= 4 is 13.7 Å². The molecule has 3 N–H and O–H groups in total. The molecule has 2 fully saturated rings. The Morgan fingerprint density at radius 2 is 2.17 bits per heavy atom. The Kier molecular flexibility index (Phi) is 7.27. The number of aliphatic hydroxyl groups is 1. The summed E-state index contributed by atoms with van der Waals surface area (Å²) in [4.78, 5) is 37.3. The number of hydrogen-bond donors (Lipinski definition) is 3. The van der Waals surface area contributed by atoms with Crippen LogP contribution in [-0.2, 0) is 27.9 Å². The zero-order valence-corrected chi connectivity index (χ0v) is 17.6. The lowest BCUT2D eigenvalue weighted by Gasteiger charge is -2.22. The van der Waals surface area contributed by atoms with Crippen molar-refractivity contribution in [2.24, 2.45) is 5.92 Å². The summed E-state index contributed by atoms with van der Waals surface area (Å²) in [6.07, 6.45) is -0.133. The fourth-order valence-electron chi connectivity index (χ4n) is 3.22. The number of nitrogens with zero attached hydrogens (tertiary/aromatic N) is 1. The number of carbonyl (C=O) groups excluding carboxylic acids is 1. The fraction of sp³-hybridized carbons (Fsp3) is 0.706. The first kappa shape index (κ1) is 22.9. The van der Waals surface area contributed by atoms with Crippen LogP contribution in [0.1, 0.15) is 32.9 Å². The molecule has 13 heteroatoms. The Labute approximate surface area is 172 Å². The van der Waals surface area contributed by atoms with Crippen molar-refractivity contribution in [3.8, 4) is 0 Å². The molecule has 6 atom stereocenters. The second-order valence-electron chi connectivity index (χ2n) is 7.20. The first-order valence-corrected chi connectivity index (χ1v) is 11.3. The van der Waals surface area contributed by atoms with E-state index < -0.39 is 55.4 Å². The van der Waals surface area contributed by atoms with Crippen LogP contribution in [0, 0.1) is 5.92 Å². The van der Waals surface area contributed by atoms with Crippen LogP contribution in [0.5, 0.6) is 0 Å². The minimum atomic E-state index is -3.85. The van der Waals surface area contributed by atoms with Gasteiger partial charge in [0.1, 0.15) is 12.1 Å². The minimum Gasteiger partial charge on any atom is -0.465 e. The van der Waals surface area contributed by atoms with Crippen LogP contribution in [0.4, 0.5) is 0 Å². The zero-order valence-electron chi connectivity index (χ0n) is 16.7. The van der Waals surface area contributed by atoms with Crippen LogP contribution in [0.25, 0.3) is 0 Å². The predicted molar refractivity (Wildman–Crippen MR) is 103 cm³/mol. The lowest BCUT2D eigenvalue weighted by atomic mass is 9.99. The van der Waals surface area contributed by atoms with E-state index in [9.17, 15) is 24.1 Å². The number of unbranched alkanes of at least 4 members (excludes halogenated alkanes) is 1. The highest BCUT2D eigenvalue weighted by molar-refractivity contribution is 7.51. The van der Waals surface area contributed by atoms with Gasteiger partial charge < -0.3 is 14.6 Å². The SMILES string of the molecule is CCCCOC(=O)C(C)NP1(=O)OCC2OC(n3ccc(=O)[nH]c3=O)C(O)C2CO1. The van der Waals surface area contributed by atoms with Gasteiger partial charge in [0.25, 0.3) is 5.56 Å². The van der Waals surface area contributed by atoms with E-state index in [4.69, 9.17) is 18.5 Å². The van der Waals surface area contributed by atoms with E-state index in [1.807, 2.05) is 6.92 Å². The van der Waals surface area contributed by atoms with Gasteiger partial charge in [-0.1, -0.05) is 13.3 Å². The zero-order chi connectivity index (χ0) is 21.9. The minimum absolute atomic E-state index is 0.192. The Bertz CT molecular complexity index is 916. The summed E-state index contributed by atoms with van der Waals surface area (Å²) in [5, 5.41) is 13.1. The molecular formula is C17H26N3O9P. The molecule has 30 heavy (non-hydrogen) atoms. The third-order valence-corrected chi connectivity index (χ3v) is 6.62. The molecule has 168 valence electrons. The van der Waals surface area contributed by atoms with E-state index in [1.165, 1.54) is 13.1 Å². The summed E-state index contributed by atoms with van der Waals surface area (Å²) in [5.41, 5.74) is -1.30. The maximum Gasteiger partial charge on any atom is 0.406 e. The lowest BCUT2D eigenvalue weighted by molar-refractivity contribution is -0.145. The number of rotatable bonds is 7. The topological polar surface area (TPSA) is 158 Å². The number of aromatic amines is 1. The summed E-state index contributed by atoms with van der Waals surface area (Å²) in [6.45, 7) is 3.33. The van der Waals surface area contributed by atoms with E-state index >= 15 is 0 Å². The number of aliphatic hydroxyl groups excluding tert-OH is 1. The number of fused-ring (bicyclic) bond motifs is 1. The summed E-state index contributed by atoms with van der Waals surface area (Å²) in [5.74, 6) is -1.22. The number of aromatic nitrogens is 2. The molecular weight excluding hydrogens is 421 g/mol. The molecule has 0 aliphatic carbocycles. The van der Waals surface area contributed by atoms with E-state index in [2.05, 4.69) is 10.1 Å². The van der Waals surface area contributed by atoms with Crippen LogP contribution in [0.2, 0.25) is 0 Å². The molecule has 3 rings (SSSR count). The van der Waals surface area contributed by atoms with Crippen molar-refractivity contribution in [3.63, 3.8) is 0 Å². The molecule has 2 aliphatic heterocycles. The summed E-state index contributed by atoms with van der Waals surface area (Å²) in [7, 11) is -3.85. The van der Waals surface area contributed by atoms with E-state index in [0.717, 1.165) is 23.5 Å². The Balaban J connectivity index is 1.63. The van der Waals surface area contributed by atoms with E-state index in [0.29, 0.717) is 0 Å². The van der Waals surface area contributed by atoms with Gasteiger partial charge in [-0.2, -0.15) is 0 Å². The average Bonchev–Trinajstić information content (AvgIpc) is 2.90. The highest BCUT2D eigenvalue weighted by atomic mass is 31.2. The van der Waals surface area contributed by atoms with Crippen LogP contribution in [-0.4, -0.2) is 58.7 Å². The number of nitrogens with one attached hydrogen (secondary N) is 2. The molecule has 0 amide bonds. The van der Waals surface area contributed by atoms with Gasteiger partial charge in [-0.05, 0) is 13.3 Å². The molecule has 0 bridgehead atoms. The first-order valence-electron chi connectivity index (χ1n) is 9.72. The number of H-pyrrole nitrogens is 1. The Morgan fingerprint density at radius 1 is 1.43 bits per heavy atom. The normalized spacial score (nSPS) is 32.2. The number of ether oxygens (including phenoxy) is 2. The molecule has 0 saturated carbocycles. The Morgan fingerprint density at radius 3 is 2.87 bits per heavy atom. The third-order valence-electron chi connectivity index (χ3n) is 4.94. The van der Waals surface area contributed by atoms with Crippen LogP contribution in [0.3, 0.4) is 0 Å². The molecule has 1 aromatic rings. The molecule has 12 nitrogen and oxygen atoms in total. The van der Waals surface area contributed by atoms with Gasteiger partial charge in [0.15, 0.2) is 6.23 Å². The highest BCUT2D eigenvalue weighted by Gasteiger charge is 2.49. The maximum absolute atomic E-state index is 12.9. The van der Waals surface area contributed by atoms with Gasteiger partial charge in [0.2, 0.25) is 0 Å². The van der Waals surface area contributed by atoms with E-state index in [-0.39, 0.29) is 19.8 Å². The first-order chi connectivity index (χ1) is 14.2. The van der Waals surface area contributed by atoms with Crippen molar-refractivity contribution in [1.82, 2.24) is 14.6 Å². The van der Waals surface area contributed by atoms with Gasteiger partial charge in [-0.3, -0.25) is 28.2 Å². The smallest absolute Gasteiger partial charge is 0.406 e. The summed E-state index contributed by atoms with van der Waals surface area (Å²) in [6, 6.07) is 0.210. The molecule has 6 unspecified atom stereocenters. The van der Waals surface area contributed by atoms with Crippen molar-refractivity contribution < 1.29 is 33.0 Å². The Hall–Kier alpha value is -1.82. The predicted octanol–water partition coefficient (Wildman–Crippen LogP) is -0.113. The number of hydrogen-bond acceptors (Lipinski definition) is 9. The largest absolute Gasteiger partial charge is 0.465 e. The van der Waals surface area contributed by atoms with Gasteiger partial charge in [0.05, 0.1) is 25.9 Å². The molecule has 0 radical (unpaired) electrons. The fourth-order valence-corrected chi connectivity index (χ4v) is 4.73. The van der Waals surface area contributed by atoms with Crippen molar-refractivity contribution in [2.75, 3.05) is 19.8 Å². The summed E-state index contributed by atoms with van der Waals surface area (Å²) >= 11 is 0. The standard InChI is InChI=1S/C17H26N3O9P/c1-3-4-7-26-16(23)10(2)19-30(25)27-8-11-12(9-28-30)29-15(14(11)22)20-6-5-13(21)18-17(20)24/h5-6,10-12,14-15,22H,3-4,7-9H2,1-2H3,(H,19,25)(H,18,21,24). The monoisotopic (exact) mass is 447 g/mol. The van der Waals surface area contributed by atoms with E-state index in [1.54, 1.807) is 0 Å². The highest BCUT2D eigenvalue weighted by Crippen LogP contribution is 2.50. The van der Waals surface area contributed by atoms with Gasteiger partial charge in [0, 0.05) is 18.2 Å². The molecule has 2 aliphatic rings. The quantitative estimate of drug-likeness (QED) is 0.292. The van der Waals surface area contributed by atoms with Crippen LogP contribution in [0.15, 0.2) is 21.9 Å². The average molecular weight is 447 g/mol. The third kappa shape index (κ3) is 5.08. The van der Waals surface area contributed by atoms with Crippen LogP contribution < -0.4 is 16.3 Å². The molecule has 0 spiro atoms. The van der Waals surface area contributed by atoms with Gasteiger partial charge in [-0.15, -0.1) is 0 Å². The van der Waals surface area contributed by atoms with Gasteiger partial charge >= 0.3 is 19.4 Å². The molecule has 0 aromatic carbocycles. The maximum atomic E-state index is 12.9. The number of esters is 1. The van der Waals surface area contributed by atoms with Crippen molar-refractivity contribution in [3.05, 3.63) is 33.1 Å². The van der Waals surface area contributed by atoms with Crippen LogP contribution >= 0.6 is 7.75 Å². The van der Waals surface area contributed by atoms with Crippen molar-refractivity contribution in [2.45, 2.75) is 51.2 Å². The van der Waals surface area contributed by atoms with Crippen molar-refractivity contribution in [1.29, 1.82) is 0 Å².